The van der Waals surface area contributed by atoms with Gasteiger partial charge in [-0.05, 0) is 118 Å². The Morgan fingerprint density at radius 3 is 1.85 bits per heavy atom. The number of unbranched alkanes of at least 4 members (excludes halogenated alkanes) is 4. The summed E-state index contributed by atoms with van der Waals surface area (Å²) in [6.07, 6.45) is 7.43. The second-order valence-corrected chi connectivity index (χ2v) is 20.3. The molecular formula is C58H77N11O11. The second-order valence-electron chi connectivity index (χ2n) is 20.3. The van der Waals surface area contributed by atoms with Gasteiger partial charge in [0, 0.05) is 69.3 Å². The molecule has 1 fully saturated rings. The molecular weight excluding hydrogens is 1030 g/mol. The molecule has 0 bridgehead atoms. The van der Waals surface area contributed by atoms with E-state index in [0.29, 0.717) is 49.4 Å². The average Bonchev–Trinajstić information content (AvgIpc) is 3.94. The fourth-order valence-corrected chi connectivity index (χ4v) is 9.10. The Balaban J connectivity index is 1.09. The van der Waals surface area contributed by atoms with Crippen LogP contribution in [0.1, 0.15) is 113 Å². The number of carbonyl (C=O) groups is 9. The number of aliphatic carboxylic acids is 2. The second kappa shape index (κ2) is 33.2. The van der Waals surface area contributed by atoms with Crippen LogP contribution in [-0.4, -0.2) is 134 Å². The summed E-state index contributed by atoms with van der Waals surface area (Å²) in [5, 5.41) is 38.4. The van der Waals surface area contributed by atoms with E-state index in [1.165, 1.54) is 4.90 Å². The van der Waals surface area contributed by atoms with Gasteiger partial charge in [0.15, 0.2) is 0 Å². The Morgan fingerprint density at radius 2 is 1.26 bits per heavy atom. The molecule has 22 nitrogen and oxygen atoms in total. The van der Waals surface area contributed by atoms with Crippen LogP contribution in [0.4, 0.5) is 16.2 Å². The number of aryl methyl sites for hydroxylation is 1. The van der Waals surface area contributed by atoms with Gasteiger partial charge >= 0.3 is 18.0 Å². The van der Waals surface area contributed by atoms with Crippen LogP contribution in [0.25, 0.3) is 0 Å². The molecule has 1 saturated heterocycles. The molecule has 0 radical (unpaired) electrons. The molecule has 2 aromatic heterocycles. The molecule has 0 unspecified atom stereocenters. The van der Waals surface area contributed by atoms with Crippen molar-refractivity contribution in [2.24, 2.45) is 5.92 Å². The molecule has 2 aromatic carbocycles. The summed E-state index contributed by atoms with van der Waals surface area (Å²) in [6.45, 7) is 8.26. The third-order valence-electron chi connectivity index (χ3n) is 13.5. The quantitative estimate of drug-likeness (QED) is 0.0281. The van der Waals surface area contributed by atoms with Gasteiger partial charge in [0.1, 0.15) is 24.2 Å². The van der Waals surface area contributed by atoms with Crippen LogP contribution in [0.3, 0.4) is 0 Å². The minimum Gasteiger partial charge on any atom is -0.481 e. The monoisotopic (exact) mass is 1100 g/mol. The standard InChI is InChI=1S/C58H77N11O11/c1-39(2)53(56(77)69-34-16-22-48(69)57(78)79)67-55(76)47(36-52(73)74)65-54(75)46(64-51(72)35-41-23-25-42(26-24-41)63-58(80)66-45-20-7-6-17-40(45)3)21-10-14-32-62-50(71)28-27-49(70)61-31-11-4-5-15-33-68(37-43-18-8-12-29-59-43)38-44-19-9-13-30-60-44/h6-9,12-13,17-20,23-26,29-30,39,46-48,53H,4-5,10-11,14-16,21-22,27-28,31-38H2,1-3H3,(H,61,70)(H,62,71)(H,64,72)(H,65,75)(H,67,76)(H,73,74)(H,78,79)(H2,63,66,80)/t46-,47-,48-,53-/m0/s1. The van der Waals surface area contributed by atoms with Crippen LogP contribution < -0.4 is 37.2 Å². The number of hydrogen-bond donors (Lipinski definition) is 9. The van der Waals surface area contributed by atoms with Gasteiger partial charge in [0.2, 0.25) is 35.4 Å². The van der Waals surface area contributed by atoms with Gasteiger partial charge in [-0.15, -0.1) is 0 Å². The molecule has 0 saturated carbocycles. The van der Waals surface area contributed by atoms with Crippen LogP contribution in [0.5, 0.6) is 0 Å². The van der Waals surface area contributed by atoms with Crippen LogP contribution in [0, 0.1) is 12.8 Å². The summed E-state index contributed by atoms with van der Waals surface area (Å²) in [7, 11) is 0. The van der Waals surface area contributed by atoms with E-state index in [-0.39, 0.29) is 63.4 Å². The summed E-state index contributed by atoms with van der Waals surface area (Å²) < 4.78 is 0. The Hall–Kier alpha value is -8.27. The van der Waals surface area contributed by atoms with Crippen molar-refractivity contribution in [3.05, 3.63) is 120 Å². The highest BCUT2D eigenvalue weighted by atomic mass is 16.4. The number of carboxylic acid groups (broad SMARTS) is 2. The van der Waals surface area contributed by atoms with Crippen molar-refractivity contribution in [3.63, 3.8) is 0 Å². The maximum atomic E-state index is 14.0. The van der Waals surface area contributed by atoms with E-state index in [0.717, 1.165) is 49.2 Å². The molecule has 80 heavy (non-hydrogen) atoms. The predicted molar refractivity (Wildman–Crippen MR) is 299 cm³/mol. The molecule has 0 aliphatic carbocycles. The van der Waals surface area contributed by atoms with E-state index in [1.807, 2.05) is 55.5 Å². The molecule has 4 aromatic rings. The Labute approximate surface area is 467 Å². The number of para-hydroxylation sites is 1. The van der Waals surface area contributed by atoms with Gasteiger partial charge in [-0.3, -0.25) is 48.4 Å². The van der Waals surface area contributed by atoms with E-state index in [9.17, 15) is 53.4 Å². The van der Waals surface area contributed by atoms with Gasteiger partial charge in [-0.25, -0.2) is 9.59 Å². The summed E-state index contributed by atoms with van der Waals surface area (Å²) in [4.78, 5) is 129. The van der Waals surface area contributed by atoms with Crippen molar-refractivity contribution in [1.82, 2.24) is 46.4 Å². The maximum absolute atomic E-state index is 14.0. The molecule has 0 spiro atoms. The number of benzene rings is 2. The largest absolute Gasteiger partial charge is 0.481 e. The lowest BCUT2D eigenvalue weighted by atomic mass is 10.0. The van der Waals surface area contributed by atoms with Crippen LogP contribution >= 0.6 is 0 Å². The molecule has 4 atom stereocenters. The van der Waals surface area contributed by atoms with Crippen LogP contribution in [0.15, 0.2) is 97.3 Å². The third-order valence-corrected chi connectivity index (χ3v) is 13.5. The molecule has 1 aliphatic heterocycles. The fraction of sp³-hybridized carbons (Fsp3) is 0.466. The molecule has 3 heterocycles. The fourth-order valence-electron chi connectivity index (χ4n) is 9.10. The summed E-state index contributed by atoms with van der Waals surface area (Å²) >= 11 is 0. The zero-order valence-electron chi connectivity index (χ0n) is 45.9. The highest BCUT2D eigenvalue weighted by molar-refractivity contribution is 6.00. The molecule has 8 amide bonds. The molecule has 430 valence electrons. The number of urea groups is 1. The maximum Gasteiger partial charge on any atom is 0.326 e. The SMILES string of the molecule is Cc1ccccc1NC(=O)Nc1ccc(CC(=O)N[C@@H](CCCCNC(=O)CCC(=O)NCCCCCCN(Cc2ccccn2)Cc2ccccn2)C(=O)N[C@@H](CC(=O)O)C(=O)N[C@H](C(=O)N2CCC[C@H]2C(=O)O)C(C)C)cc1. The smallest absolute Gasteiger partial charge is 0.326 e. The molecule has 9 N–H and O–H groups in total. The van der Waals surface area contributed by atoms with Crippen LogP contribution in [0.2, 0.25) is 0 Å². The lowest BCUT2D eigenvalue weighted by Crippen LogP contribution is -2.59. The van der Waals surface area contributed by atoms with Crippen LogP contribution in [-0.2, 0) is 57.9 Å². The Morgan fingerprint density at radius 1 is 0.662 bits per heavy atom. The Bertz CT molecular complexity index is 2640. The number of rotatable bonds is 33. The lowest BCUT2D eigenvalue weighted by Gasteiger charge is -2.30. The van der Waals surface area contributed by atoms with Gasteiger partial charge in [-0.2, -0.15) is 0 Å². The van der Waals surface area contributed by atoms with Crippen molar-refractivity contribution in [1.29, 1.82) is 0 Å². The molecule has 5 rings (SSSR count). The van der Waals surface area contributed by atoms with Gasteiger partial charge in [-0.1, -0.05) is 69.2 Å². The zero-order valence-corrected chi connectivity index (χ0v) is 45.9. The van der Waals surface area contributed by atoms with E-state index >= 15 is 0 Å². The lowest BCUT2D eigenvalue weighted by molar-refractivity contribution is -0.150. The number of nitrogens with one attached hydrogen (secondary N) is 7. The van der Waals surface area contributed by atoms with E-state index in [1.54, 1.807) is 62.6 Å². The van der Waals surface area contributed by atoms with Crippen molar-refractivity contribution in [3.8, 4) is 0 Å². The van der Waals surface area contributed by atoms with Crippen molar-refractivity contribution in [2.75, 3.05) is 36.8 Å². The first-order valence-corrected chi connectivity index (χ1v) is 27.4. The normalized spacial score (nSPS) is 14.1. The summed E-state index contributed by atoms with van der Waals surface area (Å²) in [5.74, 6) is -6.88. The molecule has 22 heteroatoms. The zero-order chi connectivity index (χ0) is 57.8. The highest BCUT2D eigenvalue weighted by Gasteiger charge is 2.40. The number of anilines is 2. The van der Waals surface area contributed by atoms with Gasteiger partial charge < -0.3 is 52.3 Å². The Kier molecular flexibility index (Phi) is 26.0. The number of amides is 8. The number of carbonyl (C=O) groups excluding carboxylic acids is 7. The van der Waals surface area contributed by atoms with Crippen molar-refractivity contribution >= 4 is 64.8 Å². The number of aromatic nitrogens is 2. The first-order valence-electron chi connectivity index (χ1n) is 27.4. The minimum atomic E-state index is -1.70. The number of hydrogen-bond acceptors (Lipinski definition) is 12. The highest BCUT2D eigenvalue weighted by Crippen LogP contribution is 2.21. The first-order chi connectivity index (χ1) is 38.4. The van der Waals surface area contributed by atoms with E-state index in [4.69, 9.17) is 0 Å². The topological polar surface area (TPSA) is 311 Å². The summed E-state index contributed by atoms with van der Waals surface area (Å²) in [5.41, 5.74) is 4.48. The minimum absolute atomic E-state index is 0.00304. The third kappa shape index (κ3) is 22.2. The average molecular weight is 1100 g/mol. The number of nitrogens with zero attached hydrogens (tertiary/aromatic N) is 4. The van der Waals surface area contributed by atoms with Crippen molar-refractivity contribution in [2.45, 2.75) is 141 Å². The predicted octanol–water partition coefficient (Wildman–Crippen LogP) is 5.08. The summed E-state index contributed by atoms with van der Waals surface area (Å²) in [6, 6.07) is 19.7. The van der Waals surface area contributed by atoms with Gasteiger partial charge in [0.05, 0.1) is 24.2 Å². The van der Waals surface area contributed by atoms with Crippen molar-refractivity contribution < 1.29 is 53.4 Å². The van der Waals surface area contributed by atoms with E-state index in [2.05, 4.69) is 52.1 Å². The number of likely N-dealkylation sites (tertiary alicyclic amines) is 1. The number of carboxylic acids is 2. The first kappa shape index (κ1) is 62.6. The molecule has 1 aliphatic rings. The van der Waals surface area contributed by atoms with E-state index < -0.39 is 78.1 Å². The number of pyridine rings is 2. The van der Waals surface area contributed by atoms with Gasteiger partial charge in [0.25, 0.3) is 0 Å².